The second kappa shape index (κ2) is 6.34. The van der Waals surface area contributed by atoms with E-state index in [2.05, 4.69) is 10.5 Å². The molecule has 0 bridgehead atoms. The predicted molar refractivity (Wildman–Crippen MR) is 76.9 cm³/mol. The zero-order chi connectivity index (χ0) is 15.4. The van der Waals surface area contributed by atoms with Crippen LogP contribution in [0.3, 0.4) is 0 Å². The van der Waals surface area contributed by atoms with Gasteiger partial charge in [-0.3, -0.25) is 4.79 Å². The molecule has 1 aromatic carbocycles. The van der Waals surface area contributed by atoms with Crippen LogP contribution in [0.2, 0.25) is 0 Å². The molecule has 0 heterocycles. The van der Waals surface area contributed by atoms with Crippen molar-refractivity contribution in [2.45, 2.75) is 18.9 Å². The van der Waals surface area contributed by atoms with Gasteiger partial charge in [0.05, 0.1) is 25.8 Å². The van der Waals surface area contributed by atoms with Crippen molar-refractivity contribution >= 4 is 11.7 Å². The number of amides is 1. The minimum atomic E-state index is -0.464. The zero-order valence-electron chi connectivity index (χ0n) is 12.0. The molecule has 114 valence electrons. The molecule has 0 spiro atoms. The van der Waals surface area contributed by atoms with Gasteiger partial charge in [-0.15, -0.1) is 0 Å². The SMILES string of the molecule is COc1ccc(C(=O)NC(C(N)=NO)C2CC2)c(OC)c1. The van der Waals surface area contributed by atoms with Crippen LogP contribution in [-0.4, -0.2) is 37.2 Å². The fourth-order valence-electron chi connectivity index (χ4n) is 2.13. The Hall–Kier alpha value is -2.44. The predicted octanol–water partition coefficient (Wildman–Crippen LogP) is 0.959. The van der Waals surface area contributed by atoms with Gasteiger partial charge in [-0.1, -0.05) is 5.16 Å². The highest BCUT2D eigenvalue weighted by molar-refractivity contribution is 6.00. The molecule has 1 saturated carbocycles. The quantitative estimate of drug-likeness (QED) is 0.313. The lowest BCUT2D eigenvalue weighted by Crippen LogP contribution is -2.46. The van der Waals surface area contributed by atoms with Crippen molar-refractivity contribution in [3.8, 4) is 11.5 Å². The van der Waals surface area contributed by atoms with Gasteiger partial charge < -0.3 is 25.7 Å². The Morgan fingerprint density at radius 2 is 2.14 bits per heavy atom. The number of amidine groups is 1. The number of methoxy groups -OCH3 is 2. The fourth-order valence-corrected chi connectivity index (χ4v) is 2.13. The molecule has 1 aliphatic carbocycles. The van der Waals surface area contributed by atoms with E-state index in [0.717, 1.165) is 12.8 Å². The Morgan fingerprint density at radius 1 is 1.43 bits per heavy atom. The molecule has 0 saturated heterocycles. The molecule has 7 nitrogen and oxygen atoms in total. The Balaban J connectivity index is 2.19. The highest BCUT2D eigenvalue weighted by Crippen LogP contribution is 2.33. The van der Waals surface area contributed by atoms with E-state index in [0.29, 0.717) is 17.1 Å². The molecule has 2 rings (SSSR count). The normalized spacial score (nSPS) is 16.2. The average Bonchev–Trinajstić information content (AvgIpc) is 3.35. The van der Waals surface area contributed by atoms with Crippen molar-refractivity contribution < 1.29 is 19.5 Å². The third-order valence-corrected chi connectivity index (χ3v) is 3.47. The van der Waals surface area contributed by atoms with E-state index < -0.39 is 6.04 Å². The van der Waals surface area contributed by atoms with Crippen molar-refractivity contribution in [1.29, 1.82) is 0 Å². The van der Waals surface area contributed by atoms with Crippen LogP contribution in [0, 0.1) is 5.92 Å². The second-order valence-electron chi connectivity index (χ2n) is 4.88. The van der Waals surface area contributed by atoms with Gasteiger partial charge in [0.1, 0.15) is 11.5 Å². The molecule has 7 heteroatoms. The number of carbonyl (C=O) groups is 1. The number of hydrogen-bond acceptors (Lipinski definition) is 5. The molecule has 1 unspecified atom stereocenters. The molecule has 0 radical (unpaired) electrons. The first-order valence-electron chi connectivity index (χ1n) is 6.61. The summed E-state index contributed by atoms with van der Waals surface area (Å²) in [4.78, 5) is 12.4. The fraction of sp³-hybridized carbons (Fsp3) is 0.429. The Labute approximate surface area is 122 Å². The number of carbonyl (C=O) groups excluding carboxylic acids is 1. The summed E-state index contributed by atoms with van der Waals surface area (Å²) in [6.45, 7) is 0. The lowest BCUT2D eigenvalue weighted by atomic mass is 10.1. The number of nitrogens with one attached hydrogen (secondary N) is 1. The maximum atomic E-state index is 12.4. The van der Waals surface area contributed by atoms with Crippen LogP contribution in [0.15, 0.2) is 23.4 Å². The van der Waals surface area contributed by atoms with Gasteiger partial charge in [0.15, 0.2) is 5.84 Å². The lowest BCUT2D eigenvalue weighted by Gasteiger charge is -2.18. The second-order valence-corrected chi connectivity index (χ2v) is 4.88. The summed E-state index contributed by atoms with van der Waals surface area (Å²) in [7, 11) is 3.02. The molecule has 4 N–H and O–H groups in total. The van der Waals surface area contributed by atoms with E-state index in [-0.39, 0.29) is 17.7 Å². The molecular formula is C14H19N3O4. The summed E-state index contributed by atoms with van der Waals surface area (Å²) in [5.41, 5.74) is 6.00. The van der Waals surface area contributed by atoms with Gasteiger partial charge in [0.2, 0.25) is 0 Å². The molecule has 0 aromatic heterocycles. The highest BCUT2D eigenvalue weighted by atomic mass is 16.5. The highest BCUT2D eigenvalue weighted by Gasteiger charge is 2.35. The molecule has 0 aliphatic heterocycles. The lowest BCUT2D eigenvalue weighted by molar-refractivity contribution is 0.0940. The van der Waals surface area contributed by atoms with Gasteiger partial charge in [-0.2, -0.15) is 0 Å². The van der Waals surface area contributed by atoms with Crippen molar-refractivity contribution in [2.24, 2.45) is 16.8 Å². The van der Waals surface area contributed by atoms with Gasteiger partial charge >= 0.3 is 0 Å². The standard InChI is InChI=1S/C14H19N3O4/c1-20-9-5-6-10(11(7-9)21-2)14(18)16-12(8-3-4-8)13(15)17-19/h5-8,12,19H,3-4H2,1-2H3,(H2,15,17)(H,16,18). The molecular weight excluding hydrogens is 274 g/mol. The maximum absolute atomic E-state index is 12.4. The molecule has 1 fully saturated rings. The smallest absolute Gasteiger partial charge is 0.255 e. The van der Waals surface area contributed by atoms with Gasteiger partial charge in [-0.25, -0.2) is 0 Å². The summed E-state index contributed by atoms with van der Waals surface area (Å²) < 4.78 is 10.3. The van der Waals surface area contributed by atoms with Crippen LogP contribution in [0.1, 0.15) is 23.2 Å². The van der Waals surface area contributed by atoms with E-state index in [1.807, 2.05) is 0 Å². The summed E-state index contributed by atoms with van der Waals surface area (Å²) in [5, 5.41) is 14.6. The molecule has 1 amide bonds. The number of oxime groups is 1. The first kappa shape index (κ1) is 15.0. The third-order valence-electron chi connectivity index (χ3n) is 3.47. The Kier molecular flexibility index (Phi) is 4.52. The molecule has 21 heavy (non-hydrogen) atoms. The molecule has 1 aromatic rings. The van der Waals surface area contributed by atoms with E-state index in [9.17, 15) is 4.79 Å². The van der Waals surface area contributed by atoms with Crippen molar-refractivity contribution in [3.05, 3.63) is 23.8 Å². The number of ether oxygens (including phenoxy) is 2. The zero-order valence-corrected chi connectivity index (χ0v) is 12.0. The van der Waals surface area contributed by atoms with Crippen LogP contribution < -0.4 is 20.5 Å². The van der Waals surface area contributed by atoms with Gasteiger partial charge in [-0.05, 0) is 30.9 Å². The maximum Gasteiger partial charge on any atom is 0.255 e. The van der Waals surface area contributed by atoms with E-state index in [4.69, 9.17) is 20.4 Å². The monoisotopic (exact) mass is 293 g/mol. The van der Waals surface area contributed by atoms with Crippen LogP contribution in [0.4, 0.5) is 0 Å². The first-order valence-corrected chi connectivity index (χ1v) is 6.61. The van der Waals surface area contributed by atoms with E-state index in [1.165, 1.54) is 14.2 Å². The summed E-state index contributed by atoms with van der Waals surface area (Å²) in [5.74, 6) is 0.893. The van der Waals surface area contributed by atoms with Crippen LogP contribution in [-0.2, 0) is 0 Å². The molecule has 1 atom stereocenters. The largest absolute Gasteiger partial charge is 0.497 e. The number of nitrogens with two attached hydrogens (primary N) is 1. The summed E-state index contributed by atoms with van der Waals surface area (Å²) in [6, 6.07) is 4.45. The number of hydrogen-bond donors (Lipinski definition) is 3. The number of nitrogens with zero attached hydrogens (tertiary/aromatic N) is 1. The average molecular weight is 293 g/mol. The Morgan fingerprint density at radius 3 is 2.67 bits per heavy atom. The van der Waals surface area contributed by atoms with Gasteiger partial charge in [0.25, 0.3) is 5.91 Å². The third kappa shape index (κ3) is 3.36. The number of rotatable bonds is 6. The van der Waals surface area contributed by atoms with Crippen molar-refractivity contribution in [3.63, 3.8) is 0 Å². The van der Waals surface area contributed by atoms with E-state index >= 15 is 0 Å². The minimum Gasteiger partial charge on any atom is -0.497 e. The van der Waals surface area contributed by atoms with E-state index in [1.54, 1.807) is 18.2 Å². The van der Waals surface area contributed by atoms with Crippen LogP contribution >= 0.6 is 0 Å². The van der Waals surface area contributed by atoms with Gasteiger partial charge in [0, 0.05) is 6.07 Å². The topological polar surface area (TPSA) is 106 Å². The minimum absolute atomic E-state index is 0.0123. The summed E-state index contributed by atoms with van der Waals surface area (Å²) >= 11 is 0. The van der Waals surface area contributed by atoms with Crippen LogP contribution in [0.25, 0.3) is 0 Å². The first-order chi connectivity index (χ1) is 10.1. The van der Waals surface area contributed by atoms with Crippen LogP contribution in [0.5, 0.6) is 11.5 Å². The van der Waals surface area contributed by atoms with Crippen molar-refractivity contribution in [1.82, 2.24) is 5.32 Å². The van der Waals surface area contributed by atoms with Crippen molar-refractivity contribution in [2.75, 3.05) is 14.2 Å². The summed E-state index contributed by atoms with van der Waals surface area (Å²) in [6.07, 6.45) is 1.89. The number of benzene rings is 1. The Bertz CT molecular complexity index is 555. The molecule has 1 aliphatic rings.